The number of carbonyl (C=O) groups is 3. The average molecular weight is 490 g/mol. The first-order valence-corrected chi connectivity index (χ1v) is 13.2. The number of hydrogen-bond donors (Lipinski definition) is 0. The van der Waals surface area contributed by atoms with E-state index >= 15 is 0 Å². The first-order chi connectivity index (χ1) is 17.5. The summed E-state index contributed by atoms with van der Waals surface area (Å²) in [6.07, 6.45) is 5.64. The van der Waals surface area contributed by atoms with Crippen LogP contribution in [-0.2, 0) is 11.2 Å². The highest BCUT2D eigenvalue weighted by Crippen LogP contribution is 2.35. The number of ether oxygens (including phenoxy) is 1. The minimum atomic E-state index is -0.244. The fourth-order valence-electron chi connectivity index (χ4n) is 5.91. The highest BCUT2D eigenvalue weighted by atomic mass is 16.5. The predicted molar refractivity (Wildman–Crippen MR) is 138 cm³/mol. The van der Waals surface area contributed by atoms with Crippen LogP contribution in [0.2, 0.25) is 0 Å². The Morgan fingerprint density at radius 3 is 2.64 bits per heavy atom. The van der Waals surface area contributed by atoms with Crippen molar-refractivity contribution < 1.29 is 19.1 Å². The van der Waals surface area contributed by atoms with Crippen molar-refractivity contribution in [2.75, 3.05) is 38.2 Å². The topological polar surface area (TPSA) is 70.2 Å². The van der Waals surface area contributed by atoms with Gasteiger partial charge in [-0.3, -0.25) is 19.3 Å². The Morgan fingerprint density at radius 2 is 1.83 bits per heavy atom. The molecule has 3 aliphatic heterocycles. The lowest BCUT2D eigenvalue weighted by Gasteiger charge is -2.40. The maximum atomic E-state index is 13.5. The quantitative estimate of drug-likeness (QED) is 0.570. The van der Waals surface area contributed by atoms with E-state index in [9.17, 15) is 14.4 Å². The molecule has 2 atom stereocenters. The van der Waals surface area contributed by atoms with Crippen molar-refractivity contribution in [3.05, 3.63) is 59.2 Å². The predicted octanol–water partition coefficient (Wildman–Crippen LogP) is 4.15. The Kier molecular flexibility index (Phi) is 6.99. The highest BCUT2D eigenvalue weighted by molar-refractivity contribution is 6.23. The highest BCUT2D eigenvalue weighted by Gasteiger charge is 2.40. The molecule has 3 heterocycles. The van der Waals surface area contributed by atoms with Gasteiger partial charge in [0.1, 0.15) is 5.75 Å². The summed E-state index contributed by atoms with van der Waals surface area (Å²) in [7, 11) is 1.62. The number of methoxy groups -OCH3 is 1. The number of benzene rings is 2. The number of nitrogens with zero attached hydrogens (tertiary/aromatic N) is 3. The number of hydrogen-bond acceptors (Lipinski definition) is 5. The van der Waals surface area contributed by atoms with Crippen LogP contribution in [0.15, 0.2) is 42.5 Å². The van der Waals surface area contributed by atoms with Gasteiger partial charge in [-0.25, -0.2) is 0 Å². The lowest BCUT2D eigenvalue weighted by atomic mass is 9.93. The van der Waals surface area contributed by atoms with Gasteiger partial charge in [0.2, 0.25) is 5.91 Å². The van der Waals surface area contributed by atoms with Crippen LogP contribution >= 0.6 is 0 Å². The van der Waals surface area contributed by atoms with Gasteiger partial charge in [-0.1, -0.05) is 18.2 Å². The van der Waals surface area contributed by atoms with Crippen LogP contribution < -0.4 is 9.64 Å². The molecule has 36 heavy (non-hydrogen) atoms. The molecular formula is C29H35N3O4. The van der Waals surface area contributed by atoms with Crippen molar-refractivity contribution >= 4 is 23.4 Å². The van der Waals surface area contributed by atoms with Crippen LogP contribution in [-0.4, -0.2) is 66.9 Å². The molecular weight excluding hydrogens is 454 g/mol. The average Bonchev–Trinajstić information content (AvgIpc) is 3.16. The SMILES string of the molecule is COc1cccc(CCN2C(=O)c3cccc(N4CCC[C@H](C(=O)N5CCCC[C@H]5C)C4)c3C2=O)c1. The second-order valence-electron chi connectivity index (χ2n) is 10.2. The van der Waals surface area contributed by atoms with Crippen LogP contribution in [0.3, 0.4) is 0 Å². The number of rotatable bonds is 6. The molecule has 190 valence electrons. The van der Waals surface area contributed by atoms with Gasteiger partial charge in [0.25, 0.3) is 11.8 Å². The van der Waals surface area contributed by atoms with E-state index in [0.29, 0.717) is 36.7 Å². The minimum absolute atomic E-state index is 0.0773. The monoisotopic (exact) mass is 489 g/mol. The molecule has 2 saturated heterocycles. The molecule has 0 bridgehead atoms. The second kappa shape index (κ2) is 10.3. The van der Waals surface area contributed by atoms with Crippen LogP contribution in [0, 0.1) is 5.92 Å². The first-order valence-electron chi connectivity index (χ1n) is 13.2. The second-order valence-corrected chi connectivity index (χ2v) is 10.2. The van der Waals surface area contributed by atoms with Gasteiger partial charge >= 0.3 is 0 Å². The summed E-state index contributed by atoms with van der Waals surface area (Å²) in [5.41, 5.74) is 2.73. The number of imide groups is 1. The van der Waals surface area contributed by atoms with Crippen LogP contribution in [0.4, 0.5) is 5.69 Å². The van der Waals surface area contributed by atoms with Crippen molar-refractivity contribution in [1.29, 1.82) is 0 Å². The lowest BCUT2D eigenvalue weighted by Crippen LogP contribution is -2.49. The van der Waals surface area contributed by atoms with E-state index < -0.39 is 0 Å². The van der Waals surface area contributed by atoms with E-state index in [1.807, 2.05) is 36.4 Å². The summed E-state index contributed by atoms with van der Waals surface area (Å²) in [4.78, 5) is 45.6. The zero-order chi connectivity index (χ0) is 25.2. The van der Waals surface area contributed by atoms with E-state index in [4.69, 9.17) is 4.74 Å². The van der Waals surface area contributed by atoms with Crippen LogP contribution in [0.1, 0.15) is 65.3 Å². The molecule has 7 nitrogen and oxygen atoms in total. The Balaban J connectivity index is 1.32. The normalized spacial score (nSPS) is 22.1. The molecule has 0 unspecified atom stereocenters. The van der Waals surface area contributed by atoms with Gasteiger partial charge < -0.3 is 14.5 Å². The third-order valence-electron chi connectivity index (χ3n) is 7.93. The molecule has 5 rings (SSSR count). The number of piperidine rings is 2. The first kappa shape index (κ1) is 24.3. The molecule has 0 saturated carbocycles. The minimum Gasteiger partial charge on any atom is -0.497 e. The lowest BCUT2D eigenvalue weighted by molar-refractivity contribution is -0.139. The molecule has 2 aromatic carbocycles. The third kappa shape index (κ3) is 4.59. The van der Waals surface area contributed by atoms with E-state index in [0.717, 1.165) is 55.8 Å². The molecule has 3 amide bonds. The smallest absolute Gasteiger partial charge is 0.263 e. The molecule has 0 radical (unpaired) electrons. The number of amides is 3. The number of anilines is 1. The molecule has 3 aliphatic rings. The van der Waals surface area contributed by atoms with Gasteiger partial charge in [0, 0.05) is 32.2 Å². The van der Waals surface area contributed by atoms with Crippen molar-refractivity contribution in [3.8, 4) is 5.75 Å². The van der Waals surface area contributed by atoms with Gasteiger partial charge in [-0.2, -0.15) is 0 Å². The summed E-state index contributed by atoms with van der Waals surface area (Å²) in [6.45, 7) is 4.66. The molecule has 0 N–H and O–H groups in total. The fraction of sp³-hybridized carbons (Fsp3) is 0.483. The Bertz CT molecular complexity index is 1160. The van der Waals surface area contributed by atoms with Crippen molar-refractivity contribution in [2.45, 2.75) is 51.5 Å². The van der Waals surface area contributed by atoms with E-state index in [1.54, 1.807) is 13.2 Å². The summed E-state index contributed by atoms with van der Waals surface area (Å²) < 4.78 is 5.29. The summed E-state index contributed by atoms with van der Waals surface area (Å²) in [6, 6.07) is 13.5. The largest absolute Gasteiger partial charge is 0.497 e. The zero-order valence-corrected chi connectivity index (χ0v) is 21.2. The number of likely N-dealkylation sites (tertiary alicyclic amines) is 1. The molecule has 0 aromatic heterocycles. The van der Waals surface area contributed by atoms with Gasteiger partial charge in [0.05, 0.1) is 29.8 Å². The maximum Gasteiger partial charge on any atom is 0.263 e. The maximum absolute atomic E-state index is 13.5. The Hall–Kier alpha value is -3.35. The fourth-order valence-corrected chi connectivity index (χ4v) is 5.91. The summed E-state index contributed by atoms with van der Waals surface area (Å²) >= 11 is 0. The standard InChI is InChI=1S/C29H35N3O4/c1-20-8-3-4-16-31(20)27(33)22-10-7-15-30(19-22)25-13-6-12-24-26(25)29(35)32(28(24)34)17-14-21-9-5-11-23(18-21)36-2/h5-6,9,11-13,18,20,22H,3-4,7-8,10,14-17,19H2,1-2H3/t20-,22+/m1/s1. The van der Waals surface area contributed by atoms with Crippen LogP contribution in [0.5, 0.6) is 5.75 Å². The molecule has 0 aliphatic carbocycles. The zero-order valence-electron chi connectivity index (χ0n) is 21.2. The molecule has 2 fully saturated rings. The summed E-state index contributed by atoms with van der Waals surface area (Å²) in [5, 5.41) is 0. The molecule has 7 heteroatoms. The van der Waals surface area contributed by atoms with E-state index in [-0.39, 0.29) is 23.6 Å². The van der Waals surface area contributed by atoms with E-state index in [1.165, 1.54) is 11.3 Å². The van der Waals surface area contributed by atoms with Gasteiger partial charge in [-0.15, -0.1) is 0 Å². The van der Waals surface area contributed by atoms with E-state index in [2.05, 4.69) is 16.7 Å². The van der Waals surface area contributed by atoms with Crippen LogP contribution in [0.25, 0.3) is 0 Å². The Morgan fingerprint density at radius 1 is 1.00 bits per heavy atom. The van der Waals surface area contributed by atoms with Crippen molar-refractivity contribution in [2.24, 2.45) is 5.92 Å². The van der Waals surface area contributed by atoms with Crippen molar-refractivity contribution in [1.82, 2.24) is 9.80 Å². The molecule has 0 spiro atoms. The summed E-state index contributed by atoms with van der Waals surface area (Å²) in [5.74, 6) is 0.428. The number of carbonyl (C=O) groups excluding carboxylic acids is 3. The van der Waals surface area contributed by atoms with Gasteiger partial charge in [-0.05, 0) is 75.3 Å². The molecule has 2 aromatic rings. The van der Waals surface area contributed by atoms with Gasteiger partial charge in [0.15, 0.2) is 0 Å². The van der Waals surface area contributed by atoms with Crippen molar-refractivity contribution in [3.63, 3.8) is 0 Å². The Labute approximate surface area is 213 Å². The third-order valence-corrected chi connectivity index (χ3v) is 7.93. The number of fused-ring (bicyclic) bond motifs is 1.